The Balaban J connectivity index is 0.00000167. The molecule has 0 spiro atoms. The number of nitrogens with zero attached hydrogens (tertiary/aromatic N) is 1. The van der Waals surface area contributed by atoms with Crippen LogP contribution in [0, 0.1) is 19.7 Å². The molecule has 3 aromatic carbocycles. The Hall–Kier alpha value is -3.58. The van der Waals surface area contributed by atoms with Crippen LogP contribution in [0.25, 0.3) is 16.9 Å². The first-order valence-corrected chi connectivity index (χ1v) is 12.0. The van der Waals surface area contributed by atoms with Gasteiger partial charge in [-0.15, -0.1) is 0 Å². The molecule has 0 saturated heterocycles. The van der Waals surface area contributed by atoms with Gasteiger partial charge in [-0.25, -0.2) is 9.18 Å². The molecule has 0 bridgehead atoms. The fourth-order valence-electron chi connectivity index (χ4n) is 3.73. The molecule has 0 atom stereocenters. The zero-order valence-electron chi connectivity index (χ0n) is 20.1. The fraction of sp³-hybridized carbons (Fsp3) is 0.179. The molecule has 35 heavy (non-hydrogen) atoms. The van der Waals surface area contributed by atoms with Crippen LogP contribution < -0.4 is 10.5 Å². The molecule has 1 heterocycles. The van der Waals surface area contributed by atoms with Crippen molar-refractivity contribution in [1.82, 2.24) is 4.57 Å². The third kappa shape index (κ3) is 5.74. The first-order valence-electron chi connectivity index (χ1n) is 11.2. The van der Waals surface area contributed by atoms with E-state index in [0.29, 0.717) is 22.7 Å². The number of aryl methyl sites for hydroxylation is 1. The lowest BCUT2D eigenvalue weighted by atomic mass is 10.0. The number of aromatic carboxylic acids is 1. The Morgan fingerprint density at radius 1 is 1.03 bits per heavy atom. The molecule has 0 aliphatic rings. The average molecular weight is 539 g/mol. The van der Waals surface area contributed by atoms with Crippen LogP contribution in [0.4, 0.5) is 10.1 Å². The summed E-state index contributed by atoms with van der Waals surface area (Å²) >= 11 is 3.53. The van der Waals surface area contributed by atoms with E-state index < -0.39 is 5.97 Å². The van der Waals surface area contributed by atoms with Crippen molar-refractivity contribution in [2.24, 2.45) is 0 Å². The van der Waals surface area contributed by atoms with Crippen LogP contribution in [0.3, 0.4) is 0 Å². The van der Waals surface area contributed by atoms with Crippen molar-refractivity contribution >= 4 is 27.6 Å². The lowest BCUT2D eigenvalue weighted by molar-refractivity contribution is 0.0696. The third-order valence-electron chi connectivity index (χ3n) is 5.52. The van der Waals surface area contributed by atoms with E-state index in [1.165, 1.54) is 12.1 Å². The molecule has 7 heteroatoms. The van der Waals surface area contributed by atoms with E-state index in [1.807, 2.05) is 55.7 Å². The molecule has 3 N–H and O–H groups in total. The Labute approximate surface area is 213 Å². The van der Waals surface area contributed by atoms with Gasteiger partial charge in [0.2, 0.25) is 0 Å². The van der Waals surface area contributed by atoms with Gasteiger partial charge in [-0.05, 0) is 79.6 Å². The van der Waals surface area contributed by atoms with Gasteiger partial charge in [-0.1, -0.05) is 41.9 Å². The largest absolute Gasteiger partial charge is 0.488 e. The van der Waals surface area contributed by atoms with E-state index in [-0.39, 0.29) is 18.0 Å². The van der Waals surface area contributed by atoms with E-state index in [4.69, 9.17) is 10.5 Å². The normalized spacial score (nSPS) is 10.5. The number of nitrogen functional groups attached to an aromatic ring is 1. The highest BCUT2D eigenvalue weighted by atomic mass is 79.9. The Morgan fingerprint density at radius 3 is 2.37 bits per heavy atom. The van der Waals surface area contributed by atoms with E-state index in [1.54, 1.807) is 31.2 Å². The Kier molecular flexibility index (Phi) is 8.35. The maximum atomic E-state index is 13.2. The topological polar surface area (TPSA) is 77.5 Å². The summed E-state index contributed by atoms with van der Waals surface area (Å²) in [5, 5.41) is 9.63. The summed E-state index contributed by atoms with van der Waals surface area (Å²) in [5.74, 6) is -0.687. The number of halogens is 2. The van der Waals surface area contributed by atoms with Crippen molar-refractivity contribution in [2.75, 3.05) is 5.73 Å². The van der Waals surface area contributed by atoms with Crippen molar-refractivity contribution in [3.63, 3.8) is 0 Å². The van der Waals surface area contributed by atoms with Crippen LogP contribution in [0.2, 0.25) is 0 Å². The summed E-state index contributed by atoms with van der Waals surface area (Å²) in [7, 11) is 0. The highest BCUT2D eigenvalue weighted by Gasteiger charge is 2.18. The second-order valence-corrected chi connectivity index (χ2v) is 8.68. The van der Waals surface area contributed by atoms with Crippen molar-refractivity contribution in [1.29, 1.82) is 0 Å². The van der Waals surface area contributed by atoms with Gasteiger partial charge < -0.3 is 20.1 Å². The second-order valence-electron chi connectivity index (χ2n) is 7.76. The van der Waals surface area contributed by atoms with Gasteiger partial charge in [-0.3, -0.25) is 0 Å². The number of hydrogen-bond acceptors (Lipinski definition) is 3. The Bertz CT molecular complexity index is 1350. The molecule has 0 saturated carbocycles. The quantitative estimate of drug-likeness (QED) is 0.248. The molecule has 0 aliphatic heterocycles. The number of carboxylic acids is 1. The second kappa shape index (κ2) is 11.2. The molecule has 182 valence electrons. The van der Waals surface area contributed by atoms with Gasteiger partial charge in [0, 0.05) is 27.1 Å². The lowest BCUT2D eigenvalue weighted by Crippen LogP contribution is -2.08. The zero-order valence-corrected chi connectivity index (χ0v) is 21.7. The van der Waals surface area contributed by atoms with E-state index in [9.17, 15) is 14.3 Å². The van der Waals surface area contributed by atoms with Crippen LogP contribution in [0.15, 0.2) is 71.2 Å². The van der Waals surface area contributed by atoms with E-state index in [2.05, 4.69) is 15.9 Å². The van der Waals surface area contributed by atoms with Crippen molar-refractivity contribution < 1.29 is 19.0 Å². The number of nitrogens with two attached hydrogens (primary N) is 1. The van der Waals surface area contributed by atoms with Crippen LogP contribution in [-0.4, -0.2) is 15.6 Å². The molecule has 0 fully saturated rings. The van der Waals surface area contributed by atoms with Gasteiger partial charge in [0.05, 0.1) is 11.3 Å². The molecular formula is C28H28BrFN2O3. The minimum atomic E-state index is -1.03. The van der Waals surface area contributed by atoms with Gasteiger partial charge in [0.1, 0.15) is 18.2 Å². The minimum Gasteiger partial charge on any atom is -0.488 e. The first kappa shape index (κ1) is 26.0. The number of hydrogen-bond donors (Lipinski definition) is 2. The number of rotatable bonds is 6. The number of carbonyl (C=O) groups is 1. The van der Waals surface area contributed by atoms with Crippen molar-refractivity contribution in [3.05, 3.63) is 99.4 Å². The molecule has 5 nitrogen and oxygen atoms in total. The van der Waals surface area contributed by atoms with Gasteiger partial charge in [0.25, 0.3) is 0 Å². The Morgan fingerprint density at radius 2 is 1.71 bits per heavy atom. The SMILES string of the molecule is CC.Cc1c(N)cc(-n2c(C)ccc2-c2cc(Br)ccc2OCc2ccc(F)cc2)cc1C(=O)O. The van der Waals surface area contributed by atoms with Crippen molar-refractivity contribution in [2.45, 2.75) is 34.3 Å². The molecule has 0 amide bonds. The van der Waals surface area contributed by atoms with Crippen molar-refractivity contribution in [3.8, 4) is 22.7 Å². The van der Waals surface area contributed by atoms with Gasteiger partial charge in [0.15, 0.2) is 0 Å². The lowest BCUT2D eigenvalue weighted by Gasteiger charge is -2.18. The number of carboxylic acid groups (broad SMARTS) is 1. The summed E-state index contributed by atoms with van der Waals surface area (Å²) < 4.78 is 22.1. The summed E-state index contributed by atoms with van der Waals surface area (Å²) in [6.45, 7) is 7.91. The standard InChI is InChI=1S/C26H22BrFN2O3.C2H6/c1-15-3-9-24(30(15)20-12-21(26(31)32)16(2)23(29)13-20)22-11-18(27)6-10-25(22)33-14-17-4-7-19(28)8-5-17;1-2/h3-13H,14,29H2,1-2H3,(H,31,32);1-2H3. The van der Waals surface area contributed by atoms with Crippen LogP contribution in [-0.2, 0) is 6.61 Å². The monoisotopic (exact) mass is 538 g/mol. The number of anilines is 1. The molecule has 0 radical (unpaired) electrons. The first-order chi connectivity index (χ1) is 16.7. The summed E-state index contributed by atoms with van der Waals surface area (Å²) in [6.07, 6.45) is 0. The van der Waals surface area contributed by atoms with Gasteiger partial charge in [-0.2, -0.15) is 0 Å². The van der Waals surface area contributed by atoms with Gasteiger partial charge >= 0.3 is 5.97 Å². The third-order valence-corrected chi connectivity index (χ3v) is 6.02. The molecule has 0 unspecified atom stereocenters. The predicted octanol–water partition coefficient (Wildman–Crippen LogP) is 7.55. The predicted molar refractivity (Wildman–Crippen MR) is 142 cm³/mol. The molecule has 0 aliphatic carbocycles. The van der Waals surface area contributed by atoms with E-state index in [0.717, 1.165) is 27.0 Å². The van der Waals surface area contributed by atoms with E-state index >= 15 is 0 Å². The molecular weight excluding hydrogens is 511 g/mol. The average Bonchev–Trinajstić information content (AvgIpc) is 3.23. The molecule has 4 aromatic rings. The fourth-order valence-corrected chi connectivity index (χ4v) is 4.09. The van der Waals surface area contributed by atoms with Crippen LogP contribution in [0.1, 0.15) is 41.0 Å². The maximum Gasteiger partial charge on any atom is 0.336 e. The molecule has 1 aromatic heterocycles. The highest BCUT2D eigenvalue weighted by molar-refractivity contribution is 9.10. The highest BCUT2D eigenvalue weighted by Crippen LogP contribution is 2.37. The zero-order chi connectivity index (χ0) is 25.7. The smallest absolute Gasteiger partial charge is 0.336 e. The summed E-state index contributed by atoms with van der Waals surface area (Å²) in [4.78, 5) is 11.8. The van der Waals surface area contributed by atoms with Crippen LogP contribution in [0.5, 0.6) is 5.75 Å². The summed E-state index contributed by atoms with van der Waals surface area (Å²) in [6, 6.07) is 19.2. The number of ether oxygens (including phenoxy) is 1. The number of benzene rings is 3. The summed E-state index contributed by atoms with van der Waals surface area (Å²) in [5.41, 5.74) is 11.3. The minimum absolute atomic E-state index is 0.158. The molecule has 4 rings (SSSR count). The number of aromatic nitrogens is 1. The maximum absolute atomic E-state index is 13.2. The van der Waals surface area contributed by atoms with Crippen LogP contribution >= 0.6 is 15.9 Å².